The van der Waals surface area contributed by atoms with Crippen LogP contribution in [0.2, 0.25) is 0 Å². The second kappa shape index (κ2) is 6.43. The molecule has 0 bridgehead atoms. The molecule has 1 fully saturated rings. The zero-order chi connectivity index (χ0) is 17.5. The number of carboxylic acids is 1. The van der Waals surface area contributed by atoms with Crippen molar-refractivity contribution >= 4 is 33.2 Å². The number of thiophene rings is 1. The molecule has 1 aromatic heterocycles. The highest BCUT2D eigenvalue weighted by Crippen LogP contribution is 2.37. The lowest BCUT2D eigenvalue weighted by Crippen LogP contribution is -2.44. The molecule has 3 heterocycles. The molecule has 1 amide bonds. The summed E-state index contributed by atoms with van der Waals surface area (Å²) in [5.74, 6) is -2.28. The number of carboxylic acid groups (broad SMARTS) is 1. The van der Waals surface area contributed by atoms with Crippen LogP contribution in [0.15, 0.2) is 4.21 Å². The van der Waals surface area contributed by atoms with Crippen molar-refractivity contribution in [1.82, 2.24) is 9.62 Å². The van der Waals surface area contributed by atoms with Gasteiger partial charge in [-0.25, -0.2) is 13.2 Å². The topological polar surface area (TPSA) is 130 Å². The van der Waals surface area contributed by atoms with Crippen molar-refractivity contribution in [2.24, 2.45) is 11.7 Å². The average molecular weight is 373 g/mol. The average Bonchev–Trinajstić information content (AvgIpc) is 2.95. The molecule has 0 unspecified atom stereocenters. The number of piperidine rings is 1. The number of primary amides is 1. The van der Waals surface area contributed by atoms with Gasteiger partial charge in [0.25, 0.3) is 10.0 Å². The van der Waals surface area contributed by atoms with Crippen molar-refractivity contribution in [3.63, 3.8) is 0 Å². The number of rotatable bonds is 4. The molecule has 1 saturated heterocycles. The van der Waals surface area contributed by atoms with Crippen molar-refractivity contribution in [3.8, 4) is 0 Å². The van der Waals surface area contributed by atoms with E-state index in [1.807, 2.05) is 0 Å². The zero-order valence-corrected chi connectivity index (χ0v) is 14.6. The van der Waals surface area contributed by atoms with Crippen LogP contribution in [0.3, 0.4) is 0 Å². The first-order chi connectivity index (χ1) is 11.3. The summed E-state index contributed by atoms with van der Waals surface area (Å²) in [6.07, 6.45) is 1.58. The van der Waals surface area contributed by atoms with Crippen LogP contribution < -0.4 is 11.1 Å². The summed E-state index contributed by atoms with van der Waals surface area (Å²) >= 11 is 1.01. The van der Waals surface area contributed by atoms with E-state index in [1.165, 1.54) is 4.31 Å². The van der Waals surface area contributed by atoms with Gasteiger partial charge in [-0.2, -0.15) is 4.31 Å². The Morgan fingerprint density at radius 1 is 1.38 bits per heavy atom. The molecule has 0 aromatic carbocycles. The van der Waals surface area contributed by atoms with E-state index in [4.69, 9.17) is 5.73 Å². The number of carbonyl (C=O) groups excluding carboxylic acids is 1. The number of hydrogen-bond acceptors (Lipinski definition) is 6. The van der Waals surface area contributed by atoms with Gasteiger partial charge in [-0.1, -0.05) is 0 Å². The minimum absolute atomic E-state index is 0.0115. The SMILES string of the molecule is NC(=O)[C@H]1CCCN(S(=O)(=O)c2sc3c(c2C(=O)O)CCNC3)C1. The second-order valence-corrected chi connectivity index (χ2v) is 9.24. The predicted molar refractivity (Wildman–Crippen MR) is 87.4 cm³/mol. The van der Waals surface area contributed by atoms with Crippen molar-refractivity contribution in [2.45, 2.75) is 30.0 Å². The van der Waals surface area contributed by atoms with Crippen molar-refractivity contribution < 1.29 is 23.1 Å². The van der Waals surface area contributed by atoms with Gasteiger partial charge >= 0.3 is 5.97 Å². The Morgan fingerprint density at radius 2 is 2.12 bits per heavy atom. The van der Waals surface area contributed by atoms with Gasteiger partial charge in [-0.05, 0) is 31.4 Å². The highest BCUT2D eigenvalue weighted by atomic mass is 32.2. The van der Waals surface area contributed by atoms with Gasteiger partial charge in [-0.15, -0.1) is 11.3 Å². The Bertz CT molecular complexity index is 787. The normalized spacial score (nSPS) is 22.1. The van der Waals surface area contributed by atoms with Gasteiger partial charge in [0.05, 0.1) is 11.5 Å². The quantitative estimate of drug-likeness (QED) is 0.680. The molecule has 24 heavy (non-hydrogen) atoms. The molecule has 0 radical (unpaired) electrons. The highest BCUT2D eigenvalue weighted by molar-refractivity contribution is 7.91. The van der Waals surface area contributed by atoms with Crippen LogP contribution in [0.1, 0.15) is 33.6 Å². The Balaban J connectivity index is 2.02. The van der Waals surface area contributed by atoms with E-state index in [0.29, 0.717) is 37.9 Å². The van der Waals surface area contributed by atoms with Gasteiger partial charge in [0.1, 0.15) is 4.21 Å². The molecule has 0 aliphatic carbocycles. The lowest BCUT2D eigenvalue weighted by molar-refractivity contribution is -0.122. The van der Waals surface area contributed by atoms with Crippen molar-refractivity contribution in [3.05, 3.63) is 16.0 Å². The summed E-state index contributed by atoms with van der Waals surface area (Å²) in [7, 11) is -3.96. The van der Waals surface area contributed by atoms with Crippen molar-refractivity contribution in [2.75, 3.05) is 19.6 Å². The van der Waals surface area contributed by atoms with E-state index in [2.05, 4.69) is 5.32 Å². The first-order valence-electron chi connectivity index (χ1n) is 7.70. The third kappa shape index (κ3) is 2.94. The van der Waals surface area contributed by atoms with Gasteiger partial charge in [0.2, 0.25) is 5.91 Å². The van der Waals surface area contributed by atoms with Crippen LogP contribution in [0.25, 0.3) is 0 Å². The van der Waals surface area contributed by atoms with Crippen LogP contribution in [0.4, 0.5) is 0 Å². The summed E-state index contributed by atoms with van der Waals surface area (Å²) in [6.45, 7) is 1.38. The number of amides is 1. The van der Waals surface area contributed by atoms with E-state index in [1.54, 1.807) is 0 Å². The van der Waals surface area contributed by atoms with Gasteiger partial charge in [0, 0.05) is 24.5 Å². The minimum atomic E-state index is -3.96. The lowest BCUT2D eigenvalue weighted by atomic mass is 9.99. The lowest BCUT2D eigenvalue weighted by Gasteiger charge is -2.30. The summed E-state index contributed by atoms with van der Waals surface area (Å²) < 4.78 is 27.1. The van der Waals surface area contributed by atoms with E-state index in [9.17, 15) is 23.1 Å². The van der Waals surface area contributed by atoms with E-state index >= 15 is 0 Å². The van der Waals surface area contributed by atoms with Crippen LogP contribution in [0, 0.1) is 5.92 Å². The maximum atomic E-state index is 13.0. The predicted octanol–water partition coefficient (Wildman–Crippen LogP) is -0.0220. The van der Waals surface area contributed by atoms with Crippen LogP contribution in [-0.4, -0.2) is 49.3 Å². The minimum Gasteiger partial charge on any atom is -0.478 e. The molecule has 1 aromatic rings. The third-order valence-corrected chi connectivity index (χ3v) is 8.06. The molecule has 8 nitrogen and oxygen atoms in total. The number of nitrogens with zero attached hydrogens (tertiary/aromatic N) is 1. The van der Waals surface area contributed by atoms with Gasteiger partial charge < -0.3 is 16.2 Å². The van der Waals surface area contributed by atoms with Crippen LogP contribution in [-0.2, 0) is 27.8 Å². The standard InChI is InChI=1S/C14H19N3O5S2/c15-12(18)8-2-1-5-17(7-8)24(21,22)14-11(13(19)20)9-3-4-16-6-10(9)23-14/h8,16H,1-7H2,(H2,15,18)(H,19,20)/t8-/m0/s1. The smallest absolute Gasteiger partial charge is 0.338 e. The molecular formula is C14H19N3O5S2. The molecule has 0 spiro atoms. The fourth-order valence-electron chi connectivity index (χ4n) is 3.22. The number of nitrogens with one attached hydrogen (secondary N) is 1. The number of carbonyl (C=O) groups is 2. The molecule has 4 N–H and O–H groups in total. The monoisotopic (exact) mass is 373 g/mol. The van der Waals surface area contributed by atoms with E-state index in [-0.39, 0.29) is 22.9 Å². The third-order valence-electron chi connectivity index (χ3n) is 4.47. The van der Waals surface area contributed by atoms with E-state index in [0.717, 1.165) is 16.2 Å². The number of nitrogens with two attached hydrogens (primary N) is 1. The first kappa shape index (κ1) is 17.3. The molecule has 10 heteroatoms. The Hall–Kier alpha value is -1.49. The molecule has 0 saturated carbocycles. The number of aromatic carboxylic acids is 1. The Kier molecular flexibility index (Phi) is 4.65. The molecule has 1 atom stereocenters. The largest absolute Gasteiger partial charge is 0.478 e. The van der Waals surface area contributed by atoms with Gasteiger partial charge in [0.15, 0.2) is 0 Å². The zero-order valence-electron chi connectivity index (χ0n) is 12.9. The molecule has 3 rings (SSSR count). The number of sulfonamides is 1. The van der Waals surface area contributed by atoms with Crippen LogP contribution >= 0.6 is 11.3 Å². The summed E-state index contributed by atoms with van der Waals surface area (Å²) in [6, 6.07) is 0. The fourth-order valence-corrected chi connectivity index (χ4v) is 6.74. The number of hydrogen-bond donors (Lipinski definition) is 3. The molecule has 2 aliphatic heterocycles. The summed E-state index contributed by atoms with van der Waals surface area (Å²) in [5.41, 5.74) is 5.80. The molecular weight excluding hydrogens is 354 g/mol. The Morgan fingerprint density at radius 3 is 2.79 bits per heavy atom. The highest BCUT2D eigenvalue weighted by Gasteiger charge is 2.38. The van der Waals surface area contributed by atoms with E-state index < -0.39 is 27.8 Å². The summed E-state index contributed by atoms with van der Waals surface area (Å²) in [4.78, 5) is 23.8. The second-order valence-electron chi connectivity index (χ2n) is 6.00. The first-order valence-corrected chi connectivity index (χ1v) is 9.96. The fraction of sp³-hybridized carbons (Fsp3) is 0.571. The molecule has 2 aliphatic rings. The Labute approximate surface area is 143 Å². The van der Waals surface area contributed by atoms with Gasteiger partial charge in [-0.3, -0.25) is 4.79 Å². The van der Waals surface area contributed by atoms with Crippen molar-refractivity contribution in [1.29, 1.82) is 0 Å². The van der Waals surface area contributed by atoms with Crippen LogP contribution in [0.5, 0.6) is 0 Å². The molecule has 132 valence electrons. The number of fused-ring (bicyclic) bond motifs is 1. The summed E-state index contributed by atoms with van der Waals surface area (Å²) in [5, 5.41) is 12.7. The maximum absolute atomic E-state index is 13.0. The maximum Gasteiger partial charge on any atom is 0.338 e.